The molecule has 1 aromatic rings. The quantitative estimate of drug-likeness (QED) is 0.592. The second-order valence-electron chi connectivity index (χ2n) is 2.21. The van der Waals surface area contributed by atoms with Crippen LogP contribution in [0.4, 0.5) is 0 Å². The maximum absolute atomic E-state index is 11.1. The predicted molar refractivity (Wildman–Crippen MR) is 42.3 cm³/mol. The van der Waals surface area contributed by atoms with Gasteiger partial charge in [-0.3, -0.25) is 0 Å². The van der Waals surface area contributed by atoms with Crippen molar-refractivity contribution in [3.63, 3.8) is 0 Å². The zero-order valence-electron chi connectivity index (χ0n) is 6.38. The average Bonchev–Trinajstić information content (AvgIpc) is 2.33. The Hall–Kier alpha value is -1.63. The lowest BCUT2D eigenvalue weighted by molar-refractivity contribution is 0.129. The molecular weight excluding hydrogens is 198 g/mol. The number of aromatic hydroxyl groups is 2. The molecule has 0 amide bonds. The summed E-state index contributed by atoms with van der Waals surface area (Å²) in [6.45, 7) is 3.02. The van der Waals surface area contributed by atoms with Gasteiger partial charge in [0.2, 0.25) is 21.6 Å². The van der Waals surface area contributed by atoms with Crippen LogP contribution in [-0.2, 0) is 9.84 Å². The molecule has 0 saturated heterocycles. The lowest BCUT2D eigenvalue weighted by Crippen LogP contribution is -1.95. The molecular formula is C6H7NO5S. The third-order valence-electron chi connectivity index (χ3n) is 1.42. The molecule has 1 heterocycles. The SMILES string of the molecule is C=CS(=O)(=O)c1cc(O)n(O)c1O. The van der Waals surface area contributed by atoms with Gasteiger partial charge in [-0.2, -0.15) is 0 Å². The first-order valence-electron chi connectivity index (χ1n) is 3.10. The lowest BCUT2D eigenvalue weighted by Gasteiger charge is -1.96. The van der Waals surface area contributed by atoms with E-state index in [-0.39, 0.29) is 4.73 Å². The maximum Gasteiger partial charge on any atom is 0.248 e. The van der Waals surface area contributed by atoms with Gasteiger partial charge < -0.3 is 15.4 Å². The molecule has 0 aromatic carbocycles. The fourth-order valence-corrected chi connectivity index (χ4v) is 1.55. The van der Waals surface area contributed by atoms with E-state index in [2.05, 4.69) is 6.58 Å². The highest BCUT2D eigenvalue weighted by atomic mass is 32.2. The molecule has 0 radical (unpaired) electrons. The summed E-state index contributed by atoms with van der Waals surface area (Å²) in [6.07, 6.45) is 0. The normalized spacial score (nSPS) is 11.4. The minimum Gasteiger partial charge on any atom is -0.492 e. The van der Waals surface area contributed by atoms with E-state index < -0.39 is 26.5 Å². The van der Waals surface area contributed by atoms with E-state index >= 15 is 0 Å². The van der Waals surface area contributed by atoms with Crippen molar-refractivity contribution in [3.8, 4) is 11.8 Å². The molecule has 72 valence electrons. The number of rotatable bonds is 2. The van der Waals surface area contributed by atoms with Crippen LogP contribution in [0.3, 0.4) is 0 Å². The fraction of sp³-hybridized carbons (Fsp3) is 0. The van der Waals surface area contributed by atoms with Gasteiger partial charge in [-0.25, -0.2) is 8.42 Å². The third-order valence-corrected chi connectivity index (χ3v) is 2.78. The largest absolute Gasteiger partial charge is 0.492 e. The first kappa shape index (κ1) is 9.46. The van der Waals surface area contributed by atoms with Gasteiger partial charge in [0.05, 0.1) is 0 Å². The molecule has 3 N–H and O–H groups in total. The standard InChI is InChI=1S/C6H7NO5S/c1-2-13(11,12)4-3-5(8)7(10)6(4)9/h2-3,8-10H,1H2. The van der Waals surface area contributed by atoms with E-state index in [0.29, 0.717) is 11.5 Å². The topological polar surface area (TPSA) is 99.8 Å². The minimum absolute atomic E-state index is 0.0453. The monoisotopic (exact) mass is 205 g/mol. The Kier molecular flexibility index (Phi) is 1.96. The van der Waals surface area contributed by atoms with Crippen LogP contribution in [0, 0.1) is 0 Å². The number of nitrogens with zero attached hydrogens (tertiary/aromatic N) is 1. The van der Waals surface area contributed by atoms with Crippen molar-refractivity contribution in [2.75, 3.05) is 0 Å². The summed E-state index contributed by atoms with van der Waals surface area (Å²) in [4.78, 5) is -0.595. The molecule has 1 aromatic heterocycles. The van der Waals surface area contributed by atoms with Crippen LogP contribution in [0.2, 0.25) is 0 Å². The van der Waals surface area contributed by atoms with Gasteiger partial charge in [-0.15, -0.1) is 4.73 Å². The number of hydrogen-bond donors (Lipinski definition) is 3. The van der Waals surface area contributed by atoms with Crippen LogP contribution in [0.5, 0.6) is 11.8 Å². The van der Waals surface area contributed by atoms with Crippen molar-refractivity contribution < 1.29 is 23.8 Å². The average molecular weight is 205 g/mol. The summed E-state index contributed by atoms with van der Waals surface area (Å²) >= 11 is 0. The molecule has 0 atom stereocenters. The molecule has 0 fully saturated rings. The number of hydrogen-bond acceptors (Lipinski definition) is 5. The molecule has 0 aliphatic rings. The molecule has 0 aliphatic carbocycles. The fourth-order valence-electron chi connectivity index (χ4n) is 0.755. The van der Waals surface area contributed by atoms with Crippen molar-refractivity contribution in [2.45, 2.75) is 4.90 Å². The van der Waals surface area contributed by atoms with E-state index in [1.165, 1.54) is 0 Å². The van der Waals surface area contributed by atoms with E-state index in [4.69, 9.17) is 15.4 Å². The van der Waals surface area contributed by atoms with Gasteiger partial charge in [0.1, 0.15) is 4.90 Å². The molecule has 13 heavy (non-hydrogen) atoms. The highest BCUT2D eigenvalue weighted by Crippen LogP contribution is 2.30. The van der Waals surface area contributed by atoms with Crippen molar-refractivity contribution in [3.05, 3.63) is 18.1 Å². The van der Waals surface area contributed by atoms with E-state index in [9.17, 15) is 8.42 Å². The van der Waals surface area contributed by atoms with Crippen molar-refractivity contribution in [2.24, 2.45) is 0 Å². The zero-order valence-corrected chi connectivity index (χ0v) is 7.19. The molecule has 0 aliphatic heterocycles. The van der Waals surface area contributed by atoms with Crippen LogP contribution in [0.25, 0.3) is 0 Å². The van der Waals surface area contributed by atoms with Crippen LogP contribution in [0.15, 0.2) is 22.9 Å². The van der Waals surface area contributed by atoms with Gasteiger partial charge in [0.25, 0.3) is 0 Å². The third kappa shape index (κ3) is 1.33. The summed E-state index contributed by atoms with van der Waals surface area (Å²) in [6, 6.07) is 0.715. The van der Waals surface area contributed by atoms with Gasteiger partial charge in [-0.1, -0.05) is 6.58 Å². The van der Waals surface area contributed by atoms with E-state index in [0.717, 1.165) is 0 Å². The first-order valence-corrected chi connectivity index (χ1v) is 4.65. The Morgan fingerprint density at radius 2 is 2.00 bits per heavy atom. The summed E-state index contributed by atoms with van der Waals surface area (Å²) in [5.74, 6) is -1.71. The van der Waals surface area contributed by atoms with Crippen molar-refractivity contribution in [1.82, 2.24) is 4.73 Å². The number of aromatic nitrogens is 1. The smallest absolute Gasteiger partial charge is 0.248 e. The summed E-state index contributed by atoms with van der Waals surface area (Å²) in [7, 11) is -3.86. The Morgan fingerprint density at radius 3 is 2.31 bits per heavy atom. The Bertz CT molecular complexity index is 444. The minimum atomic E-state index is -3.86. The summed E-state index contributed by atoms with van der Waals surface area (Å²) in [5.41, 5.74) is 0. The molecule has 1 rings (SSSR count). The molecule has 0 spiro atoms. The maximum atomic E-state index is 11.1. The Labute approximate surface area is 73.9 Å². The molecule has 0 unspecified atom stereocenters. The molecule has 6 nitrogen and oxygen atoms in total. The van der Waals surface area contributed by atoms with E-state index in [1.54, 1.807) is 0 Å². The Morgan fingerprint density at radius 1 is 1.46 bits per heavy atom. The van der Waals surface area contributed by atoms with Crippen LogP contribution in [0.1, 0.15) is 0 Å². The molecule has 7 heteroatoms. The summed E-state index contributed by atoms with van der Waals surface area (Å²) in [5, 5.41) is 27.2. The highest BCUT2D eigenvalue weighted by molar-refractivity contribution is 7.94. The van der Waals surface area contributed by atoms with Crippen LogP contribution < -0.4 is 0 Å². The van der Waals surface area contributed by atoms with E-state index in [1.807, 2.05) is 0 Å². The van der Waals surface area contributed by atoms with Gasteiger partial charge in [0.15, 0.2) is 0 Å². The molecule has 0 bridgehead atoms. The molecule has 0 saturated carbocycles. The van der Waals surface area contributed by atoms with Gasteiger partial charge in [-0.05, 0) is 0 Å². The predicted octanol–water partition coefficient (Wildman–Crippen LogP) is 0.0538. The lowest BCUT2D eigenvalue weighted by atomic mass is 10.6. The number of sulfone groups is 1. The van der Waals surface area contributed by atoms with Gasteiger partial charge in [0, 0.05) is 11.5 Å². The summed E-state index contributed by atoms with van der Waals surface area (Å²) < 4.78 is 22.1. The van der Waals surface area contributed by atoms with Crippen molar-refractivity contribution in [1.29, 1.82) is 0 Å². The van der Waals surface area contributed by atoms with Crippen LogP contribution in [-0.4, -0.2) is 28.6 Å². The van der Waals surface area contributed by atoms with Gasteiger partial charge >= 0.3 is 0 Å². The Balaban J connectivity index is 3.49. The zero-order chi connectivity index (χ0) is 10.2. The second kappa shape index (κ2) is 2.70. The first-order chi connectivity index (χ1) is 5.90. The van der Waals surface area contributed by atoms with Crippen molar-refractivity contribution >= 4 is 9.84 Å². The van der Waals surface area contributed by atoms with Crippen LogP contribution >= 0.6 is 0 Å². The second-order valence-corrected chi connectivity index (χ2v) is 4.08. The highest BCUT2D eigenvalue weighted by Gasteiger charge is 2.22.